The van der Waals surface area contributed by atoms with Crippen molar-refractivity contribution in [1.29, 1.82) is 0 Å². The van der Waals surface area contributed by atoms with Crippen molar-refractivity contribution in [1.82, 2.24) is 15.6 Å². The maximum absolute atomic E-state index is 12.9. The zero-order valence-electron chi connectivity index (χ0n) is 19.8. The van der Waals surface area contributed by atoms with Gasteiger partial charge in [-0.15, -0.1) is 0 Å². The van der Waals surface area contributed by atoms with Crippen LogP contribution in [0, 0.1) is 0 Å². The third kappa shape index (κ3) is 7.26. The Kier molecular flexibility index (Phi) is 8.64. The molecule has 0 aliphatic heterocycles. The minimum atomic E-state index is -0.715. The molecular formula is C28H25N5O3S. The molecular weight excluding hydrogens is 486 g/mol. The normalized spacial score (nSPS) is 10.4. The van der Waals surface area contributed by atoms with Crippen molar-refractivity contribution in [2.75, 3.05) is 5.32 Å². The summed E-state index contributed by atoms with van der Waals surface area (Å²) >= 11 is 1.32. The maximum Gasteiger partial charge on any atom is 0.326 e. The fourth-order valence-corrected chi connectivity index (χ4v) is 4.29. The molecule has 0 fully saturated rings. The molecule has 0 radical (unpaired) electrons. The van der Waals surface area contributed by atoms with Crippen LogP contribution in [-0.4, -0.2) is 22.8 Å². The van der Waals surface area contributed by atoms with Gasteiger partial charge in [0.15, 0.2) is 0 Å². The topological polar surface area (TPSA) is 126 Å². The molecule has 4 rings (SSSR count). The second-order valence-corrected chi connectivity index (χ2v) is 9.02. The van der Waals surface area contributed by atoms with E-state index in [1.165, 1.54) is 11.8 Å². The van der Waals surface area contributed by atoms with Gasteiger partial charge in [-0.1, -0.05) is 60.3 Å². The molecule has 0 saturated carbocycles. The van der Waals surface area contributed by atoms with Gasteiger partial charge in [-0.05, 0) is 53.6 Å². The number of pyridine rings is 1. The summed E-state index contributed by atoms with van der Waals surface area (Å²) in [6, 6.07) is 25.9. The molecule has 4 amide bonds. The number of amides is 4. The second kappa shape index (κ2) is 12.5. The first-order chi connectivity index (χ1) is 18.0. The van der Waals surface area contributed by atoms with Crippen LogP contribution in [0.4, 0.5) is 10.5 Å². The lowest BCUT2D eigenvalue weighted by molar-refractivity contribution is 0.0946. The number of hydrogen-bond donors (Lipinski definition) is 4. The number of urea groups is 1. The van der Waals surface area contributed by atoms with Crippen molar-refractivity contribution in [3.8, 4) is 0 Å². The molecule has 0 aliphatic carbocycles. The van der Waals surface area contributed by atoms with E-state index in [9.17, 15) is 14.4 Å². The minimum Gasteiger partial charge on any atom is -0.348 e. The van der Waals surface area contributed by atoms with Crippen LogP contribution < -0.4 is 21.7 Å². The van der Waals surface area contributed by atoms with Gasteiger partial charge in [-0.25, -0.2) is 9.78 Å². The summed E-state index contributed by atoms with van der Waals surface area (Å²) in [6.45, 7) is 0.743. The number of anilines is 1. The molecule has 1 aromatic heterocycles. The van der Waals surface area contributed by atoms with Crippen molar-refractivity contribution in [3.05, 3.63) is 119 Å². The molecule has 4 aromatic rings. The highest BCUT2D eigenvalue weighted by Gasteiger charge is 2.16. The van der Waals surface area contributed by atoms with Crippen LogP contribution in [-0.2, 0) is 13.1 Å². The van der Waals surface area contributed by atoms with Crippen LogP contribution in [0.3, 0.4) is 0 Å². The summed E-state index contributed by atoms with van der Waals surface area (Å²) in [6.07, 6.45) is 1.67. The highest BCUT2D eigenvalue weighted by molar-refractivity contribution is 7.99. The van der Waals surface area contributed by atoms with Gasteiger partial charge in [0, 0.05) is 35.3 Å². The van der Waals surface area contributed by atoms with Crippen LogP contribution in [0.1, 0.15) is 31.8 Å². The number of hydrogen-bond acceptors (Lipinski definition) is 6. The Morgan fingerprint density at radius 2 is 1.57 bits per heavy atom. The number of benzene rings is 3. The molecule has 0 aliphatic rings. The summed E-state index contributed by atoms with van der Waals surface area (Å²) in [4.78, 5) is 43.0. The molecule has 5 N–H and O–H groups in total. The van der Waals surface area contributed by atoms with E-state index in [0.29, 0.717) is 39.8 Å². The number of aromatic nitrogens is 1. The first kappa shape index (κ1) is 25.6. The number of rotatable bonds is 8. The molecule has 8 nitrogen and oxygen atoms in total. The summed E-state index contributed by atoms with van der Waals surface area (Å²) < 4.78 is 0. The molecule has 0 spiro atoms. The van der Waals surface area contributed by atoms with Crippen molar-refractivity contribution >= 4 is 35.3 Å². The second-order valence-electron chi connectivity index (χ2n) is 7.96. The Hall–Kier alpha value is -4.47. The zero-order chi connectivity index (χ0) is 26.0. The Labute approximate surface area is 218 Å². The number of nitrogens with two attached hydrogens (primary N) is 1. The highest BCUT2D eigenvalue weighted by atomic mass is 32.2. The first-order valence-corrected chi connectivity index (χ1v) is 12.3. The van der Waals surface area contributed by atoms with Gasteiger partial charge >= 0.3 is 6.03 Å². The van der Waals surface area contributed by atoms with Crippen LogP contribution in [0.2, 0.25) is 0 Å². The lowest BCUT2D eigenvalue weighted by Crippen LogP contribution is -2.34. The lowest BCUT2D eigenvalue weighted by atomic mass is 10.1. The molecule has 0 unspecified atom stereocenters. The number of nitrogens with one attached hydrogen (secondary N) is 3. The number of nitrogens with zero attached hydrogens (tertiary/aromatic N) is 1. The van der Waals surface area contributed by atoms with E-state index in [0.717, 1.165) is 11.1 Å². The van der Waals surface area contributed by atoms with E-state index < -0.39 is 11.9 Å². The van der Waals surface area contributed by atoms with E-state index in [2.05, 4.69) is 20.9 Å². The van der Waals surface area contributed by atoms with Gasteiger partial charge in [-0.2, -0.15) is 0 Å². The van der Waals surface area contributed by atoms with Crippen LogP contribution in [0.15, 0.2) is 107 Å². The SMILES string of the molecule is NCc1cccc(CNC(=O)c2ccc(Sc3ccccn3)c(NC(=O)NC(=O)c3ccccc3)c2)c1. The number of carbonyl (C=O) groups is 3. The van der Waals surface area contributed by atoms with E-state index in [1.807, 2.05) is 42.5 Å². The van der Waals surface area contributed by atoms with E-state index in [-0.39, 0.29) is 5.91 Å². The van der Waals surface area contributed by atoms with E-state index >= 15 is 0 Å². The van der Waals surface area contributed by atoms with Gasteiger partial charge in [0.2, 0.25) is 0 Å². The van der Waals surface area contributed by atoms with Gasteiger partial charge in [-0.3, -0.25) is 14.9 Å². The van der Waals surface area contributed by atoms with E-state index in [1.54, 1.807) is 54.7 Å². The van der Waals surface area contributed by atoms with Gasteiger partial charge in [0.05, 0.1) is 5.69 Å². The summed E-state index contributed by atoms with van der Waals surface area (Å²) in [5, 5.41) is 8.62. The summed E-state index contributed by atoms with van der Waals surface area (Å²) in [7, 11) is 0. The van der Waals surface area contributed by atoms with Crippen molar-refractivity contribution in [3.63, 3.8) is 0 Å². The minimum absolute atomic E-state index is 0.309. The van der Waals surface area contributed by atoms with Gasteiger partial charge in [0.1, 0.15) is 5.03 Å². The lowest BCUT2D eigenvalue weighted by Gasteiger charge is -2.13. The molecule has 3 aromatic carbocycles. The Bertz CT molecular complexity index is 1400. The predicted molar refractivity (Wildman–Crippen MR) is 143 cm³/mol. The fraction of sp³-hybridized carbons (Fsp3) is 0.0714. The standard InChI is InChI=1S/C28H25N5O3S/c29-17-19-7-6-8-20(15-19)18-31-26(34)22-12-13-24(37-25-11-4-5-14-30-25)23(16-22)32-28(36)33-27(35)21-9-2-1-3-10-21/h1-16H,17-18,29H2,(H,31,34)(H2,32,33,35,36). The predicted octanol–water partition coefficient (Wildman–Crippen LogP) is 4.58. The molecule has 0 saturated heterocycles. The first-order valence-electron chi connectivity index (χ1n) is 11.5. The Balaban J connectivity index is 1.51. The third-order valence-electron chi connectivity index (χ3n) is 5.29. The summed E-state index contributed by atoms with van der Waals surface area (Å²) in [5.41, 5.74) is 8.68. The molecule has 9 heteroatoms. The molecule has 37 heavy (non-hydrogen) atoms. The molecule has 0 bridgehead atoms. The smallest absolute Gasteiger partial charge is 0.326 e. The van der Waals surface area contributed by atoms with Crippen molar-refractivity contribution in [2.45, 2.75) is 23.0 Å². The largest absolute Gasteiger partial charge is 0.348 e. The van der Waals surface area contributed by atoms with Crippen LogP contribution in [0.5, 0.6) is 0 Å². The Morgan fingerprint density at radius 1 is 0.784 bits per heavy atom. The zero-order valence-corrected chi connectivity index (χ0v) is 20.6. The maximum atomic E-state index is 12.9. The Morgan fingerprint density at radius 3 is 2.32 bits per heavy atom. The average molecular weight is 512 g/mol. The van der Waals surface area contributed by atoms with Crippen LogP contribution in [0.25, 0.3) is 0 Å². The van der Waals surface area contributed by atoms with Crippen molar-refractivity contribution in [2.24, 2.45) is 5.73 Å². The molecule has 1 heterocycles. The number of imide groups is 1. The summed E-state index contributed by atoms with van der Waals surface area (Å²) in [5.74, 6) is -0.845. The van der Waals surface area contributed by atoms with Gasteiger partial charge in [0.25, 0.3) is 11.8 Å². The van der Waals surface area contributed by atoms with Gasteiger partial charge < -0.3 is 16.4 Å². The van der Waals surface area contributed by atoms with Crippen molar-refractivity contribution < 1.29 is 14.4 Å². The van der Waals surface area contributed by atoms with E-state index in [4.69, 9.17) is 5.73 Å². The average Bonchev–Trinajstić information content (AvgIpc) is 2.93. The van der Waals surface area contributed by atoms with Crippen LogP contribution >= 0.6 is 11.8 Å². The quantitative estimate of drug-likeness (QED) is 0.274. The third-order valence-corrected chi connectivity index (χ3v) is 6.31. The monoisotopic (exact) mass is 511 g/mol. The highest BCUT2D eigenvalue weighted by Crippen LogP contribution is 2.33. The fourth-order valence-electron chi connectivity index (χ4n) is 3.45. The number of carbonyl (C=O) groups excluding carboxylic acids is 3. The molecule has 186 valence electrons. The molecule has 0 atom stereocenters.